The summed E-state index contributed by atoms with van der Waals surface area (Å²) in [4.78, 5) is 10.8. The smallest absolute Gasteiger partial charge is 0.270 e. The molecule has 0 heterocycles. The lowest BCUT2D eigenvalue weighted by atomic mass is 10.1. The predicted octanol–water partition coefficient (Wildman–Crippen LogP) is 3.00. The molecule has 70 valence electrons. The van der Waals surface area contributed by atoms with E-state index in [2.05, 4.69) is 0 Å². The molecule has 0 spiro atoms. The molecule has 0 N–H and O–H groups in total. The Morgan fingerprint density at radius 2 is 1.69 bits per heavy atom. The predicted molar refractivity (Wildman–Crippen MR) is 46.0 cm³/mol. The fourth-order valence-corrected chi connectivity index (χ4v) is 0.998. The molecule has 1 aromatic rings. The van der Waals surface area contributed by atoms with Crippen LogP contribution in [0.1, 0.15) is 29.8 Å². The lowest BCUT2D eigenvalue weighted by Gasteiger charge is -2.09. The van der Waals surface area contributed by atoms with Gasteiger partial charge in [-0.1, -0.05) is 24.3 Å². The van der Waals surface area contributed by atoms with Gasteiger partial charge in [0.25, 0.3) is 5.92 Å². The highest BCUT2D eigenvalue weighted by Crippen LogP contribution is 2.26. The Hall–Kier alpha value is -1.25. The summed E-state index contributed by atoms with van der Waals surface area (Å²) < 4.78 is 25.4. The van der Waals surface area contributed by atoms with Crippen LogP contribution < -0.4 is 0 Å². The molecule has 0 bridgehead atoms. The Labute approximate surface area is 75.4 Å². The summed E-state index contributed by atoms with van der Waals surface area (Å²) in [6, 6.07) is 5.37. The summed E-state index contributed by atoms with van der Waals surface area (Å²) >= 11 is 0. The Morgan fingerprint density at radius 3 is 2.00 bits per heavy atom. The molecular weight excluding hydrogens is 174 g/mol. The molecule has 13 heavy (non-hydrogen) atoms. The van der Waals surface area contributed by atoms with Crippen molar-refractivity contribution < 1.29 is 13.6 Å². The van der Waals surface area contributed by atoms with E-state index in [-0.39, 0.29) is 11.3 Å². The minimum absolute atomic E-state index is 0.0718. The topological polar surface area (TPSA) is 17.1 Å². The molecule has 0 amide bonds. The largest absolute Gasteiger partial charge is 0.295 e. The van der Waals surface area contributed by atoms with Crippen LogP contribution in [-0.4, -0.2) is 5.78 Å². The van der Waals surface area contributed by atoms with Crippen molar-refractivity contribution in [3.63, 3.8) is 0 Å². The summed E-state index contributed by atoms with van der Waals surface area (Å²) in [7, 11) is 0. The fraction of sp³-hybridized carbons (Fsp3) is 0.300. The Morgan fingerprint density at radius 1 is 1.23 bits per heavy atom. The highest BCUT2D eigenvalue weighted by molar-refractivity contribution is 5.94. The maximum atomic E-state index is 12.7. The monoisotopic (exact) mass is 184 g/mol. The van der Waals surface area contributed by atoms with Crippen molar-refractivity contribution in [1.82, 2.24) is 0 Å². The molecule has 0 fully saturated rings. The highest BCUT2D eigenvalue weighted by atomic mass is 19.3. The highest BCUT2D eigenvalue weighted by Gasteiger charge is 2.23. The van der Waals surface area contributed by atoms with Crippen LogP contribution in [0.2, 0.25) is 0 Å². The molecular formula is C10H10F2O. The van der Waals surface area contributed by atoms with E-state index in [1.165, 1.54) is 31.2 Å². The summed E-state index contributed by atoms with van der Waals surface area (Å²) in [5, 5.41) is 0. The maximum Gasteiger partial charge on any atom is 0.270 e. The van der Waals surface area contributed by atoms with Crippen LogP contribution in [0.3, 0.4) is 0 Å². The van der Waals surface area contributed by atoms with Crippen LogP contribution in [0.15, 0.2) is 24.3 Å². The van der Waals surface area contributed by atoms with E-state index >= 15 is 0 Å². The van der Waals surface area contributed by atoms with Crippen molar-refractivity contribution in [1.29, 1.82) is 0 Å². The quantitative estimate of drug-likeness (QED) is 0.646. The average molecular weight is 184 g/mol. The number of carbonyl (C=O) groups excluding carboxylic acids is 1. The minimum atomic E-state index is -2.84. The van der Waals surface area contributed by atoms with Gasteiger partial charge in [-0.3, -0.25) is 4.79 Å². The van der Waals surface area contributed by atoms with E-state index in [0.717, 1.165) is 6.92 Å². The third-order valence-electron chi connectivity index (χ3n) is 1.80. The lowest BCUT2D eigenvalue weighted by molar-refractivity contribution is 0.0174. The van der Waals surface area contributed by atoms with Gasteiger partial charge in [-0.05, 0) is 6.92 Å². The van der Waals surface area contributed by atoms with Gasteiger partial charge in [0.1, 0.15) is 0 Å². The van der Waals surface area contributed by atoms with Crippen LogP contribution >= 0.6 is 0 Å². The fourth-order valence-electron chi connectivity index (χ4n) is 0.998. The molecule has 0 atom stereocenters. The van der Waals surface area contributed by atoms with E-state index in [1.54, 1.807) is 0 Å². The molecule has 1 aromatic carbocycles. The third kappa shape index (κ3) is 2.34. The number of hydrogen-bond donors (Lipinski definition) is 0. The molecule has 0 saturated heterocycles. The van der Waals surface area contributed by atoms with Gasteiger partial charge in [0.15, 0.2) is 5.78 Å². The van der Waals surface area contributed by atoms with Crippen molar-refractivity contribution in [3.05, 3.63) is 35.4 Å². The number of alkyl halides is 2. The average Bonchev–Trinajstić information content (AvgIpc) is 2.03. The molecule has 0 aliphatic heterocycles. The van der Waals surface area contributed by atoms with Gasteiger partial charge >= 0.3 is 0 Å². The van der Waals surface area contributed by atoms with Gasteiger partial charge in [0.05, 0.1) is 0 Å². The first kappa shape index (κ1) is 9.84. The molecule has 0 saturated carbocycles. The lowest BCUT2D eigenvalue weighted by Crippen LogP contribution is -2.06. The SMILES string of the molecule is CC(=O)c1ccc(C(C)(F)F)cc1. The first-order valence-electron chi connectivity index (χ1n) is 3.90. The number of rotatable bonds is 2. The van der Waals surface area contributed by atoms with E-state index in [9.17, 15) is 13.6 Å². The van der Waals surface area contributed by atoms with Crippen LogP contribution in [0, 0.1) is 0 Å². The van der Waals surface area contributed by atoms with Crippen molar-refractivity contribution in [2.24, 2.45) is 0 Å². The molecule has 0 aromatic heterocycles. The van der Waals surface area contributed by atoms with E-state index in [1.807, 2.05) is 0 Å². The van der Waals surface area contributed by atoms with Crippen molar-refractivity contribution >= 4 is 5.78 Å². The van der Waals surface area contributed by atoms with Crippen LogP contribution in [0.25, 0.3) is 0 Å². The number of carbonyl (C=O) groups is 1. The number of ketones is 1. The number of halogens is 2. The molecule has 0 aliphatic carbocycles. The summed E-state index contributed by atoms with van der Waals surface area (Å²) in [6.07, 6.45) is 0. The maximum absolute atomic E-state index is 12.7. The Balaban J connectivity index is 3.01. The first-order chi connectivity index (χ1) is 5.91. The second-order valence-electron chi connectivity index (χ2n) is 3.02. The summed E-state index contributed by atoms with van der Waals surface area (Å²) in [6.45, 7) is 2.23. The van der Waals surface area contributed by atoms with Gasteiger partial charge in [-0.25, -0.2) is 8.78 Å². The third-order valence-corrected chi connectivity index (χ3v) is 1.80. The standard InChI is InChI=1S/C10H10F2O/c1-7(13)8-3-5-9(6-4-8)10(2,11)12/h3-6H,1-2H3. The van der Waals surface area contributed by atoms with Gasteiger partial charge in [-0.15, -0.1) is 0 Å². The first-order valence-corrected chi connectivity index (χ1v) is 3.90. The summed E-state index contributed by atoms with van der Waals surface area (Å²) in [5.41, 5.74) is 0.380. The number of hydrogen-bond acceptors (Lipinski definition) is 1. The Kier molecular flexibility index (Phi) is 2.45. The molecule has 1 nitrogen and oxygen atoms in total. The van der Waals surface area contributed by atoms with E-state index in [0.29, 0.717) is 5.56 Å². The van der Waals surface area contributed by atoms with Crippen LogP contribution in [0.5, 0.6) is 0 Å². The zero-order valence-corrected chi connectivity index (χ0v) is 7.47. The molecule has 3 heteroatoms. The van der Waals surface area contributed by atoms with Gasteiger partial charge in [0.2, 0.25) is 0 Å². The number of Topliss-reactive ketones (excluding diaryl/α,β-unsaturated/α-hetero) is 1. The van der Waals surface area contributed by atoms with E-state index < -0.39 is 5.92 Å². The van der Waals surface area contributed by atoms with Crippen molar-refractivity contribution in [2.45, 2.75) is 19.8 Å². The van der Waals surface area contributed by atoms with Gasteiger partial charge in [-0.2, -0.15) is 0 Å². The zero-order valence-electron chi connectivity index (χ0n) is 7.47. The van der Waals surface area contributed by atoms with Crippen LogP contribution in [0.4, 0.5) is 8.78 Å². The van der Waals surface area contributed by atoms with Crippen LogP contribution in [-0.2, 0) is 5.92 Å². The Bertz CT molecular complexity index is 309. The second-order valence-corrected chi connectivity index (χ2v) is 3.02. The van der Waals surface area contributed by atoms with E-state index in [4.69, 9.17) is 0 Å². The summed E-state index contributed by atoms with van der Waals surface area (Å²) in [5.74, 6) is -2.96. The van der Waals surface area contributed by atoms with Crippen molar-refractivity contribution in [2.75, 3.05) is 0 Å². The van der Waals surface area contributed by atoms with Gasteiger partial charge in [0, 0.05) is 18.1 Å². The van der Waals surface area contributed by atoms with Gasteiger partial charge < -0.3 is 0 Å². The van der Waals surface area contributed by atoms with Crippen molar-refractivity contribution in [3.8, 4) is 0 Å². The minimum Gasteiger partial charge on any atom is -0.295 e. The molecule has 0 radical (unpaired) electrons. The molecule has 0 aliphatic rings. The molecule has 0 unspecified atom stereocenters. The number of benzene rings is 1. The normalized spacial score (nSPS) is 11.4. The molecule has 1 rings (SSSR count). The second kappa shape index (κ2) is 3.24. The zero-order chi connectivity index (χ0) is 10.1.